The van der Waals surface area contributed by atoms with E-state index in [1.807, 2.05) is 16.8 Å². The number of hydrazone groups is 1. The monoisotopic (exact) mass is 368 g/mol. The SMILES string of the molecule is O=C(CSCCS(=O)(=O)c1ccccc1)NN=Cc1ccsc1. The van der Waals surface area contributed by atoms with E-state index in [0.29, 0.717) is 10.6 Å². The summed E-state index contributed by atoms with van der Waals surface area (Å²) >= 11 is 2.82. The van der Waals surface area contributed by atoms with Crippen molar-refractivity contribution in [2.24, 2.45) is 5.10 Å². The molecule has 0 spiro atoms. The molecule has 23 heavy (non-hydrogen) atoms. The summed E-state index contributed by atoms with van der Waals surface area (Å²) in [4.78, 5) is 11.9. The standard InChI is InChI=1S/C15H16N2O3S3/c18-15(17-16-10-13-6-7-21-11-13)12-22-8-9-23(19,20)14-4-2-1-3-5-14/h1-7,10-11H,8-9,12H2,(H,17,18). The molecule has 1 heterocycles. The van der Waals surface area contributed by atoms with Crippen molar-refractivity contribution in [2.45, 2.75) is 4.90 Å². The molecule has 8 heteroatoms. The summed E-state index contributed by atoms with van der Waals surface area (Å²) in [5.41, 5.74) is 3.34. The molecule has 0 fully saturated rings. The number of benzene rings is 1. The highest BCUT2D eigenvalue weighted by atomic mass is 32.2. The molecule has 0 radical (unpaired) electrons. The van der Waals surface area contributed by atoms with Gasteiger partial charge >= 0.3 is 0 Å². The molecule has 0 aliphatic rings. The average molecular weight is 369 g/mol. The largest absolute Gasteiger partial charge is 0.272 e. The summed E-state index contributed by atoms with van der Waals surface area (Å²) in [7, 11) is -3.29. The summed E-state index contributed by atoms with van der Waals surface area (Å²) in [6, 6.07) is 10.2. The van der Waals surface area contributed by atoms with Gasteiger partial charge in [-0.15, -0.1) is 0 Å². The molecule has 2 aromatic rings. The Morgan fingerprint density at radius 1 is 1.26 bits per heavy atom. The van der Waals surface area contributed by atoms with Gasteiger partial charge in [-0.3, -0.25) is 4.79 Å². The molecule has 1 aromatic heterocycles. The van der Waals surface area contributed by atoms with Crippen molar-refractivity contribution in [3.63, 3.8) is 0 Å². The van der Waals surface area contributed by atoms with Gasteiger partial charge in [-0.05, 0) is 29.0 Å². The van der Waals surface area contributed by atoms with Crippen LogP contribution in [0.4, 0.5) is 0 Å². The number of sulfone groups is 1. The first-order valence-electron chi connectivity index (χ1n) is 6.77. The Kier molecular flexibility index (Phi) is 6.82. The summed E-state index contributed by atoms with van der Waals surface area (Å²) in [6.07, 6.45) is 1.57. The minimum absolute atomic E-state index is 0.00708. The molecule has 1 N–H and O–H groups in total. The molecule has 0 unspecified atom stereocenters. The maximum atomic E-state index is 12.0. The van der Waals surface area contributed by atoms with Crippen molar-refractivity contribution >= 4 is 45.1 Å². The summed E-state index contributed by atoms with van der Waals surface area (Å²) in [5.74, 6) is 0.288. The van der Waals surface area contributed by atoms with Crippen LogP contribution in [-0.4, -0.2) is 37.8 Å². The van der Waals surface area contributed by atoms with E-state index < -0.39 is 9.84 Å². The van der Waals surface area contributed by atoms with Gasteiger partial charge in [0.05, 0.1) is 22.6 Å². The highest BCUT2D eigenvalue weighted by Gasteiger charge is 2.13. The van der Waals surface area contributed by atoms with Crippen LogP contribution in [0.3, 0.4) is 0 Å². The van der Waals surface area contributed by atoms with E-state index in [4.69, 9.17) is 0 Å². The Labute approximate surface area is 143 Å². The van der Waals surface area contributed by atoms with Crippen LogP contribution in [0.2, 0.25) is 0 Å². The number of carbonyl (C=O) groups is 1. The second-order valence-corrected chi connectivity index (χ2v) is 8.53. The van der Waals surface area contributed by atoms with Crippen LogP contribution < -0.4 is 5.43 Å². The first kappa shape index (κ1) is 17.7. The highest BCUT2D eigenvalue weighted by Crippen LogP contribution is 2.12. The van der Waals surface area contributed by atoms with E-state index in [2.05, 4.69) is 10.5 Å². The third-order valence-electron chi connectivity index (χ3n) is 2.78. The normalized spacial score (nSPS) is 11.7. The molecule has 0 saturated heterocycles. The van der Waals surface area contributed by atoms with Crippen LogP contribution in [0.1, 0.15) is 5.56 Å². The molecule has 0 bridgehead atoms. The molecular weight excluding hydrogens is 352 g/mol. The van der Waals surface area contributed by atoms with Gasteiger partial charge in [-0.1, -0.05) is 18.2 Å². The third kappa shape index (κ3) is 6.17. The van der Waals surface area contributed by atoms with Crippen molar-refractivity contribution < 1.29 is 13.2 Å². The van der Waals surface area contributed by atoms with Gasteiger partial charge in [0.1, 0.15) is 0 Å². The Morgan fingerprint density at radius 3 is 2.74 bits per heavy atom. The minimum Gasteiger partial charge on any atom is -0.272 e. The van der Waals surface area contributed by atoms with E-state index in [1.54, 1.807) is 47.9 Å². The van der Waals surface area contributed by atoms with Crippen LogP contribution >= 0.6 is 23.1 Å². The summed E-state index contributed by atoms with van der Waals surface area (Å²) < 4.78 is 24.1. The predicted octanol–water partition coefficient (Wildman–Crippen LogP) is 2.41. The first-order valence-corrected chi connectivity index (χ1v) is 10.5. The van der Waals surface area contributed by atoms with Gasteiger partial charge in [0.25, 0.3) is 0 Å². The zero-order valence-corrected chi connectivity index (χ0v) is 14.7. The number of amides is 1. The predicted molar refractivity (Wildman–Crippen MR) is 95.9 cm³/mol. The van der Waals surface area contributed by atoms with Crippen LogP contribution in [-0.2, 0) is 14.6 Å². The minimum atomic E-state index is -3.29. The van der Waals surface area contributed by atoms with Crippen LogP contribution in [0.5, 0.6) is 0 Å². The van der Waals surface area contributed by atoms with Gasteiger partial charge in [0, 0.05) is 11.3 Å². The number of thioether (sulfide) groups is 1. The lowest BCUT2D eigenvalue weighted by molar-refractivity contribution is -0.118. The van der Waals surface area contributed by atoms with Gasteiger partial charge in [0.2, 0.25) is 5.91 Å². The number of rotatable bonds is 8. The van der Waals surface area contributed by atoms with Crippen LogP contribution in [0, 0.1) is 0 Å². The smallest absolute Gasteiger partial charge is 0.250 e. The molecule has 0 aliphatic heterocycles. The number of carbonyl (C=O) groups excluding carboxylic acids is 1. The third-order valence-corrected chi connectivity index (χ3v) is 6.43. The molecule has 122 valence electrons. The number of nitrogens with zero attached hydrogens (tertiary/aromatic N) is 1. The van der Waals surface area contributed by atoms with Gasteiger partial charge in [-0.25, -0.2) is 13.8 Å². The fourth-order valence-corrected chi connectivity index (χ4v) is 4.80. The van der Waals surface area contributed by atoms with Gasteiger partial charge < -0.3 is 0 Å². The van der Waals surface area contributed by atoms with E-state index in [9.17, 15) is 13.2 Å². The summed E-state index contributed by atoms with van der Waals surface area (Å²) in [5, 5.41) is 7.68. The fraction of sp³-hybridized carbons (Fsp3) is 0.200. The van der Waals surface area contributed by atoms with Crippen molar-refractivity contribution in [3.8, 4) is 0 Å². The zero-order chi connectivity index (χ0) is 16.5. The average Bonchev–Trinajstić information content (AvgIpc) is 3.06. The molecule has 1 amide bonds. The van der Waals surface area contributed by atoms with Crippen molar-refractivity contribution in [1.82, 2.24) is 5.43 Å². The number of thiophene rings is 1. The highest BCUT2D eigenvalue weighted by molar-refractivity contribution is 8.01. The lowest BCUT2D eigenvalue weighted by atomic mass is 10.4. The number of hydrogen-bond acceptors (Lipinski definition) is 6. The number of nitrogens with one attached hydrogen (secondary N) is 1. The first-order chi connectivity index (χ1) is 11.1. The van der Waals surface area contributed by atoms with Gasteiger partial charge in [0.15, 0.2) is 9.84 Å². The van der Waals surface area contributed by atoms with Crippen molar-refractivity contribution in [1.29, 1.82) is 0 Å². The Morgan fingerprint density at radius 2 is 2.04 bits per heavy atom. The maximum absolute atomic E-state index is 12.0. The number of hydrogen-bond donors (Lipinski definition) is 1. The molecule has 0 saturated carbocycles. The van der Waals surface area contributed by atoms with E-state index in [1.165, 1.54) is 11.8 Å². The maximum Gasteiger partial charge on any atom is 0.250 e. The Hall–Kier alpha value is -1.64. The quantitative estimate of drug-likeness (QED) is 0.441. The topological polar surface area (TPSA) is 75.6 Å². The molecule has 2 rings (SSSR count). The lowest BCUT2D eigenvalue weighted by Crippen LogP contribution is -2.20. The molecule has 1 aromatic carbocycles. The molecular formula is C15H16N2O3S3. The van der Waals surface area contributed by atoms with Gasteiger partial charge in [-0.2, -0.15) is 28.2 Å². The summed E-state index contributed by atoms with van der Waals surface area (Å²) in [6.45, 7) is 0. The van der Waals surface area contributed by atoms with E-state index in [0.717, 1.165) is 5.56 Å². The second-order valence-electron chi connectivity index (χ2n) is 4.53. The van der Waals surface area contributed by atoms with Crippen LogP contribution in [0.25, 0.3) is 0 Å². The van der Waals surface area contributed by atoms with Crippen molar-refractivity contribution in [2.75, 3.05) is 17.3 Å². The molecule has 0 atom stereocenters. The fourth-order valence-electron chi connectivity index (χ4n) is 1.64. The Bertz CT molecular complexity index is 742. The van der Waals surface area contributed by atoms with Crippen LogP contribution in [0.15, 0.2) is 57.2 Å². The molecule has 0 aliphatic carbocycles. The Balaban J connectivity index is 1.68. The van der Waals surface area contributed by atoms with E-state index in [-0.39, 0.29) is 17.4 Å². The lowest BCUT2D eigenvalue weighted by Gasteiger charge is -2.04. The van der Waals surface area contributed by atoms with E-state index >= 15 is 0 Å². The zero-order valence-electron chi connectivity index (χ0n) is 12.2. The molecule has 5 nitrogen and oxygen atoms in total. The van der Waals surface area contributed by atoms with Crippen molar-refractivity contribution in [3.05, 3.63) is 52.7 Å². The second kappa shape index (κ2) is 8.85.